The summed E-state index contributed by atoms with van der Waals surface area (Å²) in [6, 6.07) is 12.0. The number of carbonyl (C=O) groups is 3. The van der Waals surface area contributed by atoms with Crippen LogP contribution in [0.4, 0.5) is 0 Å². The SMILES string of the molecule is CC(CN(C)C)Oc1ccc2oc3ccc(OC(C)CN(C)C)cc3c2c1.O=C(O)CC(O)(CC(=O)O)C(=O)O. The zero-order valence-electron chi connectivity index (χ0n) is 23.6. The van der Waals surface area contributed by atoms with Crippen molar-refractivity contribution >= 4 is 39.8 Å². The summed E-state index contributed by atoms with van der Waals surface area (Å²) in [6.45, 7) is 5.89. The van der Waals surface area contributed by atoms with Crippen molar-refractivity contribution in [2.45, 2.75) is 44.5 Å². The lowest BCUT2D eigenvalue weighted by atomic mass is 9.96. The van der Waals surface area contributed by atoms with E-state index in [0.717, 1.165) is 46.5 Å². The largest absolute Gasteiger partial charge is 0.489 e. The van der Waals surface area contributed by atoms with E-state index >= 15 is 0 Å². The Bertz CT molecular complexity index is 1230. The molecular formula is C28H38N2O10. The van der Waals surface area contributed by atoms with E-state index in [1.807, 2.05) is 52.5 Å². The number of carboxylic acid groups (broad SMARTS) is 3. The van der Waals surface area contributed by atoms with Gasteiger partial charge in [0, 0.05) is 23.9 Å². The normalized spacial score (nSPS) is 13.1. The molecule has 0 amide bonds. The van der Waals surface area contributed by atoms with Crippen LogP contribution in [0.25, 0.3) is 21.9 Å². The summed E-state index contributed by atoms with van der Waals surface area (Å²) in [5.74, 6) is -3.31. The maximum absolute atomic E-state index is 10.3. The fourth-order valence-electron chi connectivity index (χ4n) is 4.16. The molecule has 1 heterocycles. The number of likely N-dealkylation sites (N-methyl/N-ethyl adjacent to an activating group) is 2. The highest BCUT2D eigenvalue weighted by molar-refractivity contribution is 6.05. The van der Waals surface area contributed by atoms with Crippen LogP contribution in [0.5, 0.6) is 11.5 Å². The van der Waals surface area contributed by atoms with Crippen LogP contribution >= 0.6 is 0 Å². The number of hydrogen-bond acceptors (Lipinski definition) is 9. The molecule has 0 aliphatic rings. The van der Waals surface area contributed by atoms with Crippen molar-refractivity contribution in [1.82, 2.24) is 9.80 Å². The number of carboxylic acids is 3. The summed E-state index contributed by atoms with van der Waals surface area (Å²) in [5, 5.41) is 35.9. The number of fused-ring (bicyclic) bond motifs is 3. The highest BCUT2D eigenvalue weighted by Gasteiger charge is 2.40. The molecule has 0 saturated carbocycles. The molecule has 2 aromatic carbocycles. The number of aliphatic carboxylic acids is 3. The minimum absolute atomic E-state index is 0.112. The quantitative estimate of drug-likeness (QED) is 0.240. The van der Waals surface area contributed by atoms with Gasteiger partial charge in [0.2, 0.25) is 0 Å². The second kappa shape index (κ2) is 14.0. The van der Waals surface area contributed by atoms with Crippen LogP contribution < -0.4 is 9.47 Å². The second-order valence-corrected chi connectivity index (χ2v) is 10.3. The van der Waals surface area contributed by atoms with Crippen molar-refractivity contribution in [3.63, 3.8) is 0 Å². The highest BCUT2D eigenvalue weighted by atomic mass is 16.5. The van der Waals surface area contributed by atoms with Crippen LogP contribution in [0.1, 0.15) is 26.7 Å². The molecule has 0 aliphatic heterocycles. The zero-order chi connectivity index (χ0) is 30.2. The molecule has 40 heavy (non-hydrogen) atoms. The average Bonchev–Trinajstić information content (AvgIpc) is 3.14. The average molecular weight is 563 g/mol. The van der Waals surface area contributed by atoms with Gasteiger partial charge in [0.1, 0.15) is 34.9 Å². The third-order valence-electron chi connectivity index (χ3n) is 5.62. The van der Waals surface area contributed by atoms with Gasteiger partial charge < -0.3 is 44.1 Å². The molecule has 3 rings (SSSR count). The predicted octanol–water partition coefficient (Wildman–Crippen LogP) is 3.00. The Labute approximate surface area is 232 Å². The van der Waals surface area contributed by atoms with Crippen LogP contribution in [0, 0.1) is 0 Å². The number of aliphatic hydroxyl groups is 1. The van der Waals surface area contributed by atoms with Gasteiger partial charge in [-0.25, -0.2) is 4.79 Å². The summed E-state index contributed by atoms with van der Waals surface area (Å²) in [6.07, 6.45) is -2.06. The molecule has 0 saturated heterocycles. The van der Waals surface area contributed by atoms with Gasteiger partial charge in [0.15, 0.2) is 5.60 Å². The Hall–Kier alpha value is -3.87. The molecule has 0 radical (unpaired) electrons. The Morgan fingerprint density at radius 1 is 0.775 bits per heavy atom. The molecule has 3 aromatic rings. The van der Waals surface area contributed by atoms with E-state index in [1.165, 1.54) is 0 Å². The number of rotatable bonds is 13. The minimum Gasteiger partial charge on any atom is -0.489 e. The van der Waals surface area contributed by atoms with Crippen molar-refractivity contribution in [3.8, 4) is 11.5 Å². The molecule has 2 unspecified atom stereocenters. The minimum atomic E-state index is -2.74. The van der Waals surface area contributed by atoms with Crippen molar-refractivity contribution in [2.24, 2.45) is 0 Å². The van der Waals surface area contributed by atoms with Gasteiger partial charge >= 0.3 is 17.9 Å². The van der Waals surface area contributed by atoms with E-state index in [2.05, 4.69) is 35.8 Å². The lowest BCUT2D eigenvalue weighted by Crippen LogP contribution is -2.42. The van der Waals surface area contributed by atoms with Gasteiger partial charge in [-0.3, -0.25) is 9.59 Å². The summed E-state index contributed by atoms with van der Waals surface area (Å²) in [7, 11) is 8.19. The van der Waals surface area contributed by atoms with Crippen molar-refractivity contribution in [3.05, 3.63) is 36.4 Å². The van der Waals surface area contributed by atoms with Crippen molar-refractivity contribution < 1.29 is 48.7 Å². The van der Waals surface area contributed by atoms with Crippen LogP contribution in [-0.2, 0) is 14.4 Å². The Kier molecular flexibility index (Phi) is 11.3. The Morgan fingerprint density at radius 2 is 1.15 bits per heavy atom. The number of benzene rings is 2. The molecule has 12 nitrogen and oxygen atoms in total. The van der Waals surface area contributed by atoms with Gasteiger partial charge in [0.25, 0.3) is 0 Å². The maximum atomic E-state index is 10.3. The van der Waals surface area contributed by atoms with E-state index in [4.69, 9.17) is 34.3 Å². The van der Waals surface area contributed by atoms with E-state index in [-0.39, 0.29) is 12.2 Å². The maximum Gasteiger partial charge on any atom is 0.336 e. The zero-order valence-corrected chi connectivity index (χ0v) is 23.6. The van der Waals surface area contributed by atoms with E-state index in [9.17, 15) is 14.4 Å². The Balaban J connectivity index is 0.000000366. The smallest absolute Gasteiger partial charge is 0.336 e. The Morgan fingerprint density at radius 3 is 1.45 bits per heavy atom. The summed E-state index contributed by atoms with van der Waals surface area (Å²) in [5.41, 5.74) is -1.02. The van der Waals surface area contributed by atoms with E-state index < -0.39 is 36.4 Å². The van der Waals surface area contributed by atoms with Crippen molar-refractivity contribution in [1.29, 1.82) is 0 Å². The second-order valence-electron chi connectivity index (χ2n) is 10.3. The first-order chi connectivity index (χ1) is 18.6. The fraction of sp³-hybridized carbons (Fsp3) is 0.464. The first-order valence-corrected chi connectivity index (χ1v) is 12.6. The van der Waals surface area contributed by atoms with Gasteiger partial charge in [-0.1, -0.05) is 0 Å². The molecule has 0 spiro atoms. The standard InChI is InChI=1S/C22H30N2O3.C6H8O7/c1-15(13-23(3)4)25-17-7-9-21-19(11-17)20-12-18(8-10-22(20)27-21)26-16(2)14-24(5)6;7-3(8)1-6(13,5(11)12)2-4(9)10/h7-12,15-16H,13-14H2,1-6H3;13H,1-2H2,(H,7,8)(H,9,10)(H,11,12). The molecular weight excluding hydrogens is 524 g/mol. The highest BCUT2D eigenvalue weighted by Crippen LogP contribution is 2.34. The molecule has 1 aromatic heterocycles. The summed E-state index contributed by atoms with van der Waals surface area (Å²) in [4.78, 5) is 34.7. The third kappa shape index (κ3) is 9.70. The van der Waals surface area contributed by atoms with E-state index in [0.29, 0.717) is 0 Å². The van der Waals surface area contributed by atoms with Gasteiger partial charge in [0.05, 0.1) is 12.8 Å². The van der Waals surface area contributed by atoms with Gasteiger partial charge in [-0.2, -0.15) is 0 Å². The van der Waals surface area contributed by atoms with Gasteiger partial charge in [-0.15, -0.1) is 0 Å². The lowest BCUT2D eigenvalue weighted by molar-refractivity contribution is -0.170. The predicted molar refractivity (Wildman–Crippen MR) is 148 cm³/mol. The molecule has 4 N–H and O–H groups in total. The molecule has 2 atom stereocenters. The van der Waals surface area contributed by atoms with Gasteiger partial charge in [-0.05, 0) is 78.4 Å². The lowest BCUT2D eigenvalue weighted by Gasteiger charge is -2.19. The monoisotopic (exact) mass is 562 g/mol. The van der Waals surface area contributed by atoms with Crippen molar-refractivity contribution in [2.75, 3.05) is 41.3 Å². The number of furan rings is 1. The molecule has 0 fully saturated rings. The first kappa shape index (κ1) is 32.3. The number of hydrogen-bond donors (Lipinski definition) is 4. The number of nitrogens with zero attached hydrogens (tertiary/aromatic N) is 2. The summed E-state index contributed by atoms with van der Waals surface area (Å²) < 4.78 is 18.1. The molecule has 0 aliphatic carbocycles. The number of ether oxygens (including phenoxy) is 2. The van der Waals surface area contributed by atoms with Crippen LogP contribution in [0.3, 0.4) is 0 Å². The molecule has 12 heteroatoms. The fourth-order valence-corrected chi connectivity index (χ4v) is 4.16. The van der Waals surface area contributed by atoms with E-state index in [1.54, 1.807) is 0 Å². The van der Waals surface area contributed by atoms with Crippen LogP contribution in [-0.4, -0.2) is 107 Å². The van der Waals surface area contributed by atoms with Crippen LogP contribution in [0.2, 0.25) is 0 Å². The third-order valence-corrected chi connectivity index (χ3v) is 5.62. The molecule has 220 valence electrons. The van der Waals surface area contributed by atoms with Crippen LogP contribution in [0.15, 0.2) is 40.8 Å². The molecule has 0 bridgehead atoms. The first-order valence-electron chi connectivity index (χ1n) is 12.6. The topological polar surface area (TPSA) is 170 Å². The summed E-state index contributed by atoms with van der Waals surface area (Å²) >= 11 is 0.